The summed E-state index contributed by atoms with van der Waals surface area (Å²) < 4.78 is 10.9. The molecule has 2 N–H and O–H groups in total. The van der Waals surface area contributed by atoms with Crippen LogP contribution in [-0.2, 0) is 20.7 Å². The minimum absolute atomic E-state index is 0.0450. The quantitative estimate of drug-likeness (QED) is 0.282. The van der Waals surface area contributed by atoms with Crippen LogP contribution < -0.4 is 5.32 Å². The molecule has 196 valence electrons. The van der Waals surface area contributed by atoms with Crippen molar-refractivity contribution < 1.29 is 29.1 Å². The van der Waals surface area contributed by atoms with E-state index in [9.17, 15) is 24.8 Å². The maximum atomic E-state index is 12.4. The number of carbonyl (C=O) groups excluding carboxylic acids is 1. The van der Waals surface area contributed by atoms with Gasteiger partial charge in [-0.05, 0) is 57.9 Å². The van der Waals surface area contributed by atoms with Crippen molar-refractivity contribution in [3.05, 3.63) is 63.7 Å². The SMILES string of the molecule is CCc1cc([N+](=O)[O-])c(C(C)COC(=O)NC(C(=O)O)C(C)OC(C)(C)C)cc1Sc1ccccc1. The number of carboxylic acids is 1. The van der Waals surface area contributed by atoms with Gasteiger partial charge in [0, 0.05) is 27.3 Å². The Morgan fingerprint density at radius 2 is 1.81 bits per heavy atom. The molecule has 0 saturated heterocycles. The second-order valence-electron chi connectivity index (χ2n) is 9.44. The summed E-state index contributed by atoms with van der Waals surface area (Å²) in [5, 5.41) is 23.6. The van der Waals surface area contributed by atoms with Gasteiger partial charge in [0.25, 0.3) is 5.69 Å². The molecule has 0 aliphatic carbocycles. The fourth-order valence-electron chi connectivity index (χ4n) is 3.63. The highest BCUT2D eigenvalue weighted by atomic mass is 32.2. The van der Waals surface area contributed by atoms with Crippen molar-refractivity contribution in [2.24, 2.45) is 0 Å². The van der Waals surface area contributed by atoms with E-state index in [1.165, 1.54) is 11.8 Å². The van der Waals surface area contributed by atoms with Crippen LogP contribution in [0.1, 0.15) is 58.6 Å². The molecule has 0 aliphatic heterocycles. The van der Waals surface area contributed by atoms with Crippen molar-refractivity contribution in [2.75, 3.05) is 6.61 Å². The Bertz CT molecular complexity index is 1070. The molecule has 3 atom stereocenters. The Morgan fingerprint density at radius 1 is 1.17 bits per heavy atom. The lowest BCUT2D eigenvalue weighted by molar-refractivity contribution is -0.385. The molecule has 0 spiro atoms. The first-order valence-electron chi connectivity index (χ1n) is 11.7. The largest absolute Gasteiger partial charge is 0.480 e. The van der Waals surface area contributed by atoms with Crippen molar-refractivity contribution >= 4 is 29.5 Å². The van der Waals surface area contributed by atoms with Crippen LogP contribution >= 0.6 is 11.8 Å². The van der Waals surface area contributed by atoms with E-state index in [-0.39, 0.29) is 12.3 Å². The first kappa shape index (κ1) is 29.1. The number of aliphatic carboxylic acids is 1. The summed E-state index contributed by atoms with van der Waals surface area (Å²) in [6.07, 6.45) is -1.13. The first-order chi connectivity index (χ1) is 16.8. The van der Waals surface area contributed by atoms with Crippen LogP contribution in [0.3, 0.4) is 0 Å². The van der Waals surface area contributed by atoms with Gasteiger partial charge in [0.15, 0.2) is 6.04 Å². The van der Waals surface area contributed by atoms with E-state index in [1.54, 1.807) is 46.8 Å². The zero-order chi connectivity index (χ0) is 27.0. The number of carbonyl (C=O) groups is 2. The van der Waals surface area contributed by atoms with Gasteiger partial charge in [-0.2, -0.15) is 0 Å². The molecule has 3 unspecified atom stereocenters. The second-order valence-corrected chi connectivity index (χ2v) is 10.6. The van der Waals surface area contributed by atoms with Crippen LogP contribution in [0.5, 0.6) is 0 Å². The third kappa shape index (κ3) is 8.53. The second kappa shape index (κ2) is 12.7. The lowest BCUT2D eigenvalue weighted by Gasteiger charge is -2.29. The summed E-state index contributed by atoms with van der Waals surface area (Å²) in [6, 6.07) is 11.7. The number of alkyl carbamates (subject to hydrolysis) is 1. The summed E-state index contributed by atoms with van der Waals surface area (Å²) in [4.78, 5) is 37.3. The molecule has 0 fully saturated rings. The maximum Gasteiger partial charge on any atom is 0.407 e. The van der Waals surface area contributed by atoms with Gasteiger partial charge in [0.1, 0.15) is 6.61 Å². The van der Waals surface area contributed by atoms with E-state index in [0.717, 1.165) is 15.4 Å². The predicted molar refractivity (Wildman–Crippen MR) is 138 cm³/mol. The van der Waals surface area contributed by atoms with Gasteiger partial charge >= 0.3 is 12.1 Å². The number of hydrogen-bond donors (Lipinski definition) is 2. The standard InChI is InChI=1S/C26H34N2O7S/c1-7-18-13-21(28(32)33)20(14-22(18)36-19-11-9-8-10-12-19)16(2)15-34-25(31)27-23(24(29)30)17(3)35-26(4,5)6/h8-14,16-17,23H,7,15H2,1-6H3,(H,27,31)(H,29,30). The van der Waals surface area contributed by atoms with E-state index in [4.69, 9.17) is 9.47 Å². The molecule has 0 aliphatic rings. The minimum Gasteiger partial charge on any atom is -0.480 e. The van der Waals surface area contributed by atoms with Crippen LogP contribution in [0.25, 0.3) is 0 Å². The number of benzene rings is 2. The molecule has 0 radical (unpaired) electrons. The fourth-order valence-corrected chi connectivity index (χ4v) is 4.70. The third-order valence-electron chi connectivity index (χ3n) is 5.30. The van der Waals surface area contributed by atoms with Crippen LogP contribution in [0.4, 0.5) is 10.5 Å². The van der Waals surface area contributed by atoms with Crippen LogP contribution in [-0.4, -0.2) is 46.4 Å². The molecule has 10 heteroatoms. The Kier molecular flexibility index (Phi) is 10.3. The minimum atomic E-state index is -1.32. The number of amides is 1. The molecule has 1 amide bonds. The van der Waals surface area contributed by atoms with Gasteiger partial charge in [-0.15, -0.1) is 0 Å². The molecule has 0 saturated carbocycles. The zero-order valence-corrected chi connectivity index (χ0v) is 22.3. The van der Waals surface area contributed by atoms with Crippen molar-refractivity contribution in [1.82, 2.24) is 5.32 Å². The molecule has 9 nitrogen and oxygen atoms in total. The number of carboxylic acid groups (broad SMARTS) is 1. The van der Waals surface area contributed by atoms with E-state index in [1.807, 2.05) is 37.3 Å². The number of rotatable bonds is 11. The lowest BCUT2D eigenvalue weighted by Crippen LogP contribution is -2.50. The number of ether oxygens (including phenoxy) is 2. The highest BCUT2D eigenvalue weighted by Crippen LogP contribution is 2.37. The number of nitrogens with zero attached hydrogens (tertiary/aromatic N) is 1. The summed E-state index contributed by atoms with van der Waals surface area (Å²) in [5.74, 6) is -1.77. The highest BCUT2D eigenvalue weighted by molar-refractivity contribution is 7.99. The molecule has 2 aromatic rings. The molecular weight excluding hydrogens is 484 g/mol. The molecular formula is C26H34N2O7S. The van der Waals surface area contributed by atoms with Gasteiger partial charge in [-0.1, -0.05) is 43.8 Å². The summed E-state index contributed by atoms with van der Waals surface area (Å²) in [6.45, 7) is 10.4. The van der Waals surface area contributed by atoms with Crippen molar-refractivity contribution in [3.8, 4) is 0 Å². The Balaban J connectivity index is 2.19. The Labute approximate surface area is 215 Å². The smallest absolute Gasteiger partial charge is 0.407 e. The van der Waals surface area contributed by atoms with Crippen molar-refractivity contribution in [2.45, 2.75) is 81.4 Å². The van der Waals surface area contributed by atoms with Crippen LogP contribution in [0.2, 0.25) is 0 Å². The van der Waals surface area contributed by atoms with E-state index in [0.29, 0.717) is 12.0 Å². The summed E-state index contributed by atoms with van der Waals surface area (Å²) >= 11 is 1.51. The van der Waals surface area contributed by atoms with Crippen LogP contribution in [0.15, 0.2) is 52.3 Å². The summed E-state index contributed by atoms with van der Waals surface area (Å²) in [7, 11) is 0. The highest BCUT2D eigenvalue weighted by Gasteiger charge is 2.31. The number of hydrogen-bond acceptors (Lipinski definition) is 7. The molecule has 0 bridgehead atoms. The lowest BCUT2D eigenvalue weighted by atomic mass is 9.97. The fraction of sp³-hybridized carbons (Fsp3) is 0.462. The topological polar surface area (TPSA) is 128 Å². The van der Waals surface area contributed by atoms with Crippen molar-refractivity contribution in [1.29, 1.82) is 0 Å². The summed E-state index contributed by atoms with van der Waals surface area (Å²) in [5.41, 5.74) is 0.632. The predicted octanol–water partition coefficient (Wildman–Crippen LogP) is 5.79. The zero-order valence-electron chi connectivity index (χ0n) is 21.4. The van der Waals surface area contributed by atoms with Gasteiger partial charge in [0.2, 0.25) is 0 Å². The molecule has 0 aromatic heterocycles. The number of nitro groups is 1. The average Bonchev–Trinajstić information content (AvgIpc) is 2.79. The Hall–Kier alpha value is -3.11. The Morgan fingerprint density at radius 3 is 2.33 bits per heavy atom. The van der Waals surface area contributed by atoms with E-state index in [2.05, 4.69) is 5.32 Å². The van der Waals surface area contributed by atoms with Crippen molar-refractivity contribution in [3.63, 3.8) is 0 Å². The number of nitrogens with one attached hydrogen (secondary N) is 1. The molecule has 36 heavy (non-hydrogen) atoms. The maximum absolute atomic E-state index is 12.4. The van der Waals surface area contributed by atoms with Crippen LogP contribution in [0, 0.1) is 10.1 Å². The first-order valence-corrected chi connectivity index (χ1v) is 12.5. The third-order valence-corrected chi connectivity index (χ3v) is 6.41. The molecule has 0 heterocycles. The normalized spacial score (nSPS) is 13.9. The molecule has 2 aromatic carbocycles. The van der Waals surface area contributed by atoms with Gasteiger partial charge < -0.3 is 19.9 Å². The van der Waals surface area contributed by atoms with Gasteiger partial charge in [0.05, 0.1) is 16.6 Å². The number of nitro benzene ring substituents is 1. The average molecular weight is 519 g/mol. The van der Waals surface area contributed by atoms with Gasteiger partial charge in [-0.3, -0.25) is 10.1 Å². The van der Waals surface area contributed by atoms with E-state index >= 15 is 0 Å². The molecule has 2 rings (SSSR count). The monoisotopic (exact) mass is 518 g/mol. The van der Waals surface area contributed by atoms with Gasteiger partial charge in [-0.25, -0.2) is 9.59 Å². The number of aryl methyl sites for hydroxylation is 1. The van der Waals surface area contributed by atoms with E-state index < -0.39 is 40.7 Å².